The third kappa shape index (κ3) is 34.0. The van der Waals surface area contributed by atoms with Crippen LogP contribution in [0.15, 0.2) is 0 Å². The van der Waals surface area contributed by atoms with Crippen LogP contribution < -0.4 is 0 Å². The molecule has 0 aromatic carbocycles. The topological polar surface area (TPSA) is 52.6 Å². The van der Waals surface area contributed by atoms with Crippen LogP contribution >= 0.6 is 0 Å². The van der Waals surface area contributed by atoms with Crippen molar-refractivity contribution in [2.45, 2.75) is 206 Å². The second kappa shape index (κ2) is 32.4. The zero-order valence-corrected chi connectivity index (χ0v) is 27.5. The molecule has 0 bridgehead atoms. The van der Waals surface area contributed by atoms with Crippen molar-refractivity contribution >= 4 is 10.4 Å². The Bertz CT molecular complexity index is 507. The highest BCUT2D eigenvalue weighted by atomic mass is 32.3. The van der Waals surface area contributed by atoms with E-state index in [1.165, 1.54) is 167 Å². The van der Waals surface area contributed by atoms with Gasteiger partial charge in [0.05, 0.1) is 13.2 Å². The van der Waals surface area contributed by atoms with Gasteiger partial charge in [0.15, 0.2) is 0 Å². The van der Waals surface area contributed by atoms with Crippen LogP contribution in [0.25, 0.3) is 0 Å². The van der Waals surface area contributed by atoms with Crippen molar-refractivity contribution in [1.29, 1.82) is 0 Å². The van der Waals surface area contributed by atoms with E-state index in [1.54, 1.807) is 0 Å². The highest BCUT2D eigenvalue weighted by Crippen LogP contribution is 2.15. The molecular formula is C34H70O4S. The minimum absolute atomic E-state index is 0.249. The van der Waals surface area contributed by atoms with E-state index in [9.17, 15) is 8.42 Å². The minimum Gasteiger partial charge on any atom is -0.248 e. The number of rotatable bonds is 34. The summed E-state index contributed by atoms with van der Waals surface area (Å²) in [6.45, 7) is 5.05. The Kier molecular flexibility index (Phi) is 32.3. The standard InChI is InChI=1S/C34H70O4S/c1-3-5-7-9-11-13-15-17-19-21-23-25-27-29-31-33-37-39(35,36)38-34-32-30-28-26-24-22-20-18-16-14-12-10-8-6-4-2/h3-34H2,1-2H3. The molecule has 39 heavy (non-hydrogen) atoms. The molecule has 0 aromatic rings. The quantitative estimate of drug-likeness (QED) is 0.0717. The second-order valence-corrected chi connectivity index (χ2v) is 13.2. The molecule has 0 rings (SSSR count). The largest absolute Gasteiger partial charge is 0.399 e. The molecule has 5 heteroatoms. The Morgan fingerprint density at radius 2 is 0.487 bits per heavy atom. The van der Waals surface area contributed by atoms with Crippen LogP contribution in [-0.4, -0.2) is 21.6 Å². The van der Waals surface area contributed by atoms with Gasteiger partial charge in [0.1, 0.15) is 0 Å². The maximum absolute atomic E-state index is 11.9. The molecule has 0 atom stereocenters. The molecule has 0 aliphatic heterocycles. The second-order valence-electron chi connectivity index (χ2n) is 12.0. The number of unbranched alkanes of at least 4 members (excludes halogenated alkanes) is 28. The van der Waals surface area contributed by atoms with Gasteiger partial charge in [-0.2, -0.15) is 8.42 Å². The van der Waals surface area contributed by atoms with Crippen molar-refractivity contribution in [3.05, 3.63) is 0 Å². The molecule has 236 valence electrons. The third-order valence-corrected chi connectivity index (χ3v) is 8.86. The lowest BCUT2D eigenvalue weighted by atomic mass is 10.0. The van der Waals surface area contributed by atoms with Gasteiger partial charge in [0, 0.05) is 0 Å². The van der Waals surface area contributed by atoms with Gasteiger partial charge in [-0.1, -0.05) is 194 Å². The van der Waals surface area contributed by atoms with Crippen LogP contribution in [0.4, 0.5) is 0 Å². The number of hydrogen-bond acceptors (Lipinski definition) is 4. The van der Waals surface area contributed by atoms with Gasteiger partial charge in [-0.3, -0.25) is 0 Å². The predicted octanol–water partition coefficient (Wildman–Crippen LogP) is 12.0. The summed E-state index contributed by atoms with van der Waals surface area (Å²) in [6, 6.07) is 0. The summed E-state index contributed by atoms with van der Waals surface area (Å²) in [4.78, 5) is 0. The Labute approximate surface area is 246 Å². The van der Waals surface area contributed by atoms with Crippen molar-refractivity contribution in [1.82, 2.24) is 0 Å². The van der Waals surface area contributed by atoms with E-state index in [2.05, 4.69) is 13.8 Å². The lowest BCUT2D eigenvalue weighted by Crippen LogP contribution is -2.12. The van der Waals surface area contributed by atoms with Crippen LogP contribution in [-0.2, 0) is 18.8 Å². The number of hydrogen-bond donors (Lipinski definition) is 0. The minimum atomic E-state index is -3.82. The molecule has 0 saturated carbocycles. The zero-order valence-electron chi connectivity index (χ0n) is 26.7. The fourth-order valence-electron chi connectivity index (χ4n) is 5.30. The summed E-state index contributed by atoms with van der Waals surface area (Å²) in [7, 11) is -3.82. The fourth-order valence-corrected chi connectivity index (χ4v) is 6.01. The molecule has 0 heterocycles. The van der Waals surface area contributed by atoms with Gasteiger partial charge < -0.3 is 0 Å². The smallest absolute Gasteiger partial charge is 0.248 e. The van der Waals surface area contributed by atoms with E-state index < -0.39 is 10.4 Å². The summed E-state index contributed by atoms with van der Waals surface area (Å²) in [5.41, 5.74) is 0. The molecule has 0 aliphatic rings. The van der Waals surface area contributed by atoms with E-state index in [-0.39, 0.29) is 13.2 Å². The van der Waals surface area contributed by atoms with E-state index in [1.807, 2.05) is 0 Å². The molecule has 0 radical (unpaired) electrons. The van der Waals surface area contributed by atoms with Crippen LogP contribution in [0.2, 0.25) is 0 Å². The highest BCUT2D eigenvalue weighted by molar-refractivity contribution is 7.81. The fraction of sp³-hybridized carbons (Fsp3) is 1.00. The van der Waals surface area contributed by atoms with Crippen molar-refractivity contribution in [2.75, 3.05) is 13.2 Å². The monoisotopic (exact) mass is 574 g/mol. The third-order valence-electron chi connectivity index (χ3n) is 7.95. The molecule has 0 aromatic heterocycles. The van der Waals surface area contributed by atoms with Crippen molar-refractivity contribution in [2.24, 2.45) is 0 Å². The van der Waals surface area contributed by atoms with E-state index in [4.69, 9.17) is 8.37 Å². The van der Waals surface area contributed by atoms with E-state index in [0.29, 0.717) is 0 Å². The van der Waals surface area contributed by atoms with Gasteiger partial charge in [-0.05, 0) is 12.8 Å². The van der Waals surface area contributed by atoms with Gasteiger partial charge in [-0.25, -0.2) is 8.37 Å². The summed E-state index contributed by atoms with van der Waals surface area (Å²) in [5, 5.41) is 0. The molecule has 0 fully saturated rings. The summed E-state index contributed by atoms with van der Waals surface area (Å²) in [5.74, 6) is 0. The predicted molar refractivity (Wildman–Crippen MR) is 171 cm³/mol. The molecule has 0 amide bonds. The van der Waals surface area contributed by atoms with Crippen molar-refractivity contribution in [3.63, 3.8) is 0 Å². The molecule has 0 unspecified atom stereocenters. The first-order valence-electron chi connectivity index (χ1n) is 17.7. The average molecular weight is 575 g/mol. The van der Waals surface area contributed by atoms with Crippen molar-refractivity contribution < 1.29 is 16.8 Å². The molecule has 0 aliphatic carbocycles. The van der Waals surface area contributed by atoms with Crippen LogP contribution in [0.3, 0.4) is 0 Å². The van der Waals surface area contributed by atoms with Gasteiger partial charge in [-0.15, -0.1) is 0 Å². The Balaban J connectivity index is 3.28. The maximum Gasteiger partial charge on any atom is 0.399 e. The van der Waals surface area contributed by atoms with Crippen LogP contribution in [0.1, 0.15) is 206 Å². The summed E-state index contributed by atoms with van der Waals surface area (Å²) in [6.07, 6.45) is 38.9. The maximum atomic E-state index is 11.9. The Hall–Kier alpha value is -0.130. The van der Waals surface area contributed by atoms with Gasteiger partial charge >= 0.3 is 10.4 Å². The van der Waals surface area contributed by atoms with Crippen LogP contribution in [0.5, 0.6) is 0 Å². The molecular weight excluding hydrogens is 504 g/mol. The molecule has 0 saturated heterocycles. The zero-order chi connectivity index (χ0) is 28.5. The summed E-state index contributed by atoms with van der Waals surface area (Å²) >= 11 is 0. The SMILES string of the molecule is CCCCCCCCCCCCCCCCCOS(=O)(=O)OCCCCCCCCCCCCCCCCC. The molecule has 0 N–H and O–H groups in total. The van der Waals surface area contributed by atoms with E-state index in [0.717, 1.165) is 25.7 Å². The normalized spacial score (nSPS) is 11.9. The van der Waals surface area contributed by atoms with Gasteiger partial charge in [0.25, 0.3) is 0 Å². The first-order valence-corrected chi connectivity index (χ1v) is 19.0. The van der Waals surface area contributed by atoms with Crippen molar-refractivity contribution in [3.8, 4) is 0 Å². The molecule has 4 nitrogen and oxygen atoms in total. The molecule has 0 spiro atoms. The van der Waals surface area contributed by atoms with E-state index >= 15 is 0 Å². The average Bonchev–Trinajstić information content (AvgIpc) is 2.92. The lowest BCUT2D eigenvalue weighted by molar-refractivity contribution is 0.208. The first kappa shape index (κ1) is 38.9. The first-order chi connectivity index (χ1) is 19.1. The van der Waals surface area contributed by atoms with Crippen LogP contribution in [0, 0.1) is 0 Å². The summed E-state index contributed by atoms with van der Waals surface area (Å²) < 4.78 is 33.8. The Morgan fingerprint density at radius 3 is 0.692 bits per heavy atom. The van der Waals surface area contributed by atoms with Gasteiger partial charge in [0.2, 0.25) is 0 Å². The Morgan fingerprint density at radius 1 is 0.308 bits per heavy atom. The lowest BCUT2D eigenvalue weighted by Gasteiger charge is -2.07. The highest BCUT2D eigenvalue weighted by Gasteiger charge is 2.11.